The average Bonchev–Trinajstić information content (AvgIpc) is 2.70. The molecule has 17 heavy (non-hydrogen) atoms. The summed E-state index contributed by atoms with van der Waals surface area (Å²) >= 11 is 0. The van der Waals surface area contributed by atoms with Crippen LogP contribution in [0.25, 0.3) is 0 Å². The number of ether oxygens (including phenoxy) is 2. The minimum atomic E-state index is -0.300. The highest BCUT2D eigenvalue weighted by Crippen LogP contribution is 2.37. The number of rotatable bonds is 2. The Kier molecular flexibility index (Phi) is 3.89. The van der Waals surface area contributed by atoms with Gasteiger partial charge >= 0.3 is 0 Å². The van der Waals surface area contributed by atoms with Crippen molar-refractivity contribution in [2.75, 3.05) is 27.2 Å². The number of nitrogens with two attached hydrogens (primary N) is 1. The third kappa shape index (κ3) is 3.10. The van der Waals surface area contributed by atoms with Crippen molar-refractivity contribution >= 4 is 5.96 Å². The Morgan fingerprint density at radius 1 is 1.35 bits per heavy atom. The fraction of sp³-hybridized carbons (Fsp3) is 0.917. The lowest BCUT2D eigenvalue weighted by Crippen LogP contribution is -2.34. The molecule has 2 aliphatic rings. The molecule has 0 aromatic rings. The Morgan fingerprint density at radius 3 is 2.71 bits per heavy atom. The molecule has 2 rings (SSSR count). The molecule has 1 aliphatic carbocycles. The molecule has 2 fully saturated rings. The third-order valence-electron chi connectivity index (χ3n) is 3.44. The van der Waals surface area contributed by atoms with E-state index in [1.807, 2.05) is 14.1 Å². The summed E-state index contributed by atoms with van der Waals surface area (Å²) < 4.78 is 11.9. The highest BCUT2D eigenvalue weighted by Gasteiger charge is 2.41. The van der Waals surface area contributed by atoms with Gasteiger partial charge in [-0.3, -0.25) is 4.99 Å². The van der Waals surface area contributed by atoms with Crippen molar-refractivity contribution < 1.29 is 9.47 Å². The Labute approximate surface area is 103 Å². The van der Waals surface area contributed by atoms with Crippen LogP contribution in [-0.2, 0) is 9.47 Å². The SMILES string of the molecule is CN(C)C(N)=NCC1COC2(CCCCC2)O1. The summed E-state index contributed by atoms with van der Waals surface area (Å²) in [6, 6.07) is 0. The van der Waals surface area contributed by atoms with E-state index in [4.69, 9.17) is 15.2 Å². The maximum Gasteiger partial charge on any atom is 0.190 e. The molecule has 5 heteroatoms. The van der Waals surface area contributed by atoms with Gasteiger partial charge in [0, 0.05) is 26.9 Å². The summed E-state index contributed by atoms with van der Waals surface area (Å²) in [4.78, 5) is 6.10. The lowest BCUT2D eigenvalue weighted by Gasteiger charge is -2.31. The van der Waals surface area contributed by atoms with E-state index < -0.39 is 0 Å². The average molecular weight is 241 g/mol. The van der Waals surface area contributed by atoms with E-state index in [1.54, 1.807) is 4.90 Å². The summed E-state index contributed by atoms with van der Waals surface area (Å²) in [5, 5.41) is 0. The quantitative estimate of drug-likeness (QED) is 0.577. The first-order valence-electron chi connectivity index (χ1n) is 6.40. The Hall–Kier alpha value is -0.810. The molecular weight excluding hydrogens is 218 g/mol. The molecular formula is C12H23N3O2. The van der Waals surface area contributed by atoms with Crippen molar-refractivity contribution in [3.63, 3.8) is 0 Å². The molecule has 1 heterocycles. The summed E-state index contributed by atoms with van der Waals surface area (Å²) in [5.74, 6) is 0.240. The fourth-order valence-electron chi connectivity index (χ4n) is 2.40. The van der Waals surface area contributed by atoms with Crippen LogP contribution in [0.4, 0.5) is 0 Å². The van der Waals surface area contributed by atoms with Crippen molar-refractivity contribution in [2.45, 2.75) is 44.0 Å². The van der Waals surface area contributed by atoms with Crippen LogP contribution in [-0.4, -0.2) is 50.0 Å². The number of aliphatic imine (C=N–C) groups is 1. The van der Waals surface area contributed by atoms with Crippen molar-refractivity contribution in [2.24, 2.45) is 10.7 Å². The second-order valence-electron chi connectivity index (χ2n) is 5.12. The van der Waals surface area contributed by atoms with Crippen molar-refractivity contribution in [3.8, 4) is 0 Å². The second kappa shape index (κ2) is 5.23. The van der Waals surface area contributed by atoms with Gasteiger partial charge in [-0.15, -0.1) is 0 Å². The van der Waals surface area contributed by atoms with Gasteiger partial charge in [-0.1, -0.05) is 6.42 Å². The molecule has 0 bridgehead atoms. The van der Waals surface area contributed by atoms with Gasteiger partial charge in [-0.2, -0.15) is 0 Å². The van der Waals surface area contributed by atoms with Crippen LogP contribution in [0.1, 0.15) is 32.1 Å². The Morgan fingerprint density at radius 2 is 2.06 bits per heavy atom. The molecule has 0 aromatic carbocycles. The van der Waals surface area contributed by atoms with Crippen molar-refractivity contribution in [1.82, 2.24) is 4.90 Å². The molecule has 2 N–H and O–H groups in total. The third-order valence-corrected chi connectivity index (χ3v) is 3.44. The number of hydrogen-bond acceptors (Lipinski definition) is 3. The van der Waals surface area contributed by atoms with E-state index in [0.717, 1.165) is 12.8 Å². The van der Waals surface area contributed by atoms with Crippen LogP contribution in [0.15, 0.2) is 4.99 Å². The van der Waals surface area contributed by atoms with Crippen LogP contribution in [0.5, 0.6) is 0 Å². The first kappa shape index (κ1) is 12.6. The summed E-state index contributed by atoms with van der Waals surface area (Å²) in [6.07, 6.45) is 5.81. The maximum atomic E-state index is 6.02. The van der Waals surface area contributed by atoms with Crippen molar-refractivity contribution in [1.29, 1.82) is 0 Å². The monoisotopic (exact) mass is 241 g/mol. The molecule has 1 saturated carbocycles. The fourth-order valence-corrected chi connectivity index (χ4v) is 2.40. The minimum absolute atomic E-state index is 0.0617. The van der Waals surface area contributed by atoms with E-state index in [2.05, 4.69) is 4.99 Å². The van der Waals surface area contributed by atoms with E-state index in [0.29, 0.717) is 19.1 Å². The normalized spacial score (nSPS) is 28.6. The topological polar surface area (TPSA) is 60.1 Å². The summed E-state index contributed by atoms with van der Waals surface area (Å²) in [5.41, 5.74) is 5.74. The van der Waals surface area contributed by atoms with Gasteiger partial charge in [0.25, 0.3) is 0 Å². The molecule has 1 spiro atoms. The molecule has 1 atom stereocenters. The minimum Gasteiger partial charge on any atom is -0.370 e. The standard InChI is InChI=1S/C12H23N3O2/c1-15(2)11(13)14-8-10-9-16-12(17-10)6-4-3-5-7-12/h10H,3-9H2,1-2H3,(H2,13,14). The molecule has 98 valence electrons. The lowest BCUT2D eigenvalue weighted by molar-refractivity contribution is -0.186. The number of hydrogen-bond donors (Lipinski definition) is 1. The van der Waals surface area contributed by atoms with Gasteiger partial charge in [-0.05, 0) is 12.8 Å². The van der Waals surface area contributed by atoms with Gasteiger partial charge in [-0.25, -0.2) is 0 Å². The summed E-state index contributed by atoms with van der Waals surface area (Å²) in [7, 11) is 3.76. The zero-order valence-corrected chi connectivity index (χ0v) is 10.8. The zero-order chi connectivity index (χ0) is 12.3. The Bertz CT molecular complexity index is 285. The van der Waals surface area contributed by atoms with Gasteiger partial charge in [0.2, 0.25) is 0 Å². The molecule has 1 unspecified atom stereocenters. The molecule has 1 aliphatic heterocycles. The molecule has 0 radical (unpaired) electrons. The van der Waals surface area contributed by atoms with Crippen molar-refractivity contribution in [3.05, 3.63) is 0 Å². The van der Waals surface area contributed by atoms with E-state index in [1.165, 1.54) is 19.3 Å². The van der Waals surface area contributed by atoms with Crippen LogP contribution >= 0.6 is 0 Å². The van der Waals surface area contributed by atoms with E-state index in [9.17, 15) is 0 Å². The predicted octanol–water partition coefficient (Wildman–Crippen LogP) is 0.939. The highest BCUT2D eigenvalue weighted by molar-refractivity contribution is 5.77. The maximum absolute atomic E-state index is 6.02. The lowest BCUT2D eigenvalue weighted by atomic mass is 9.94. The van der Waals surface area contributed by atoms with E-state index >= 15 is 0 Å². The van der Waals surface area contributed by atoms with Crippen LogP contribution in [0, 0.1) is 0 Å². The van der Waals surface area contributed by atoms with Gasteiger partial charge in [0.15, 0.2) is 11.7 Å². The summed E-state index contributed by atoms with van der Waals surface area (Å²) in [6.45, 7) is 1.23. The van der Waals surface area contributed by atoms with Crippen LogP contribution < -0.4 is 5.73 Å². The molecule has 1 saturated heterocycles. The number of nitrogens with zero attached hydrogens (tertiary/aromatic N) is 2. The Balaban J connectivity index is 1.83. The van der Waals surface area contributed by atoms with Crippen LogP contribution in [0.3, 0.4) is 0 Å². The predicted molar refractivity (Wildman–Crippen MR) is 66.8 cm³/mol. The first-order chi connectivity index (χ1) is 8.11. The van der Waals surface area contributed by atoms with Gasteiger partial charge < -0.3 is 20.1 Å². The molecule has 5 nitrogen and oxygen atoms in total. The van der Waals surface area contributed by atoms with Crippen LogP contribution in [0.2, 0.25) is 0 Å². The molecule has 0 amide bonds. The molecule has 0 aromatic heterocycles. The smallest absolute Gasteiger partial charge is 0.190 e. The zero-order valence-electron chi connectivity index (χ0n) is 10.8. The van der Waals surface area contributed by atoms with Gasteiger partial charge in [0.05, 0.1) is 13.2 Å². The second-order valence-corrected chi connectivity index (χ2v) is 5.12. The number of guanidine groups is 1. The first-order valence-corrected chi connectivity index (χ1v) is 6.40. The highest BCUT2D eigenvalue weighted by atomic mass is 16.7. The van der Waals surface area contributed by atoms with Gasteiger partial charge in [0.1, 0.15) is 6.10 Å². The largest absolute Gasteiger partial charge is 0.370 e. The van der Waals surface area contributed by atoms with E-state index in [-0.39, 0.29) is 11.9 Å².